The minimum absolute atomic E-state index is 0.0997. The van der Waals surface area contributed by atoms with Crippen molar-refractivity contribution in [1.29, 1.82) is 0 Å². The summed E-state index contributed by atoms with van der Waals surface area (Å²) in [6.45, 7) is 3.95. The number of carbonyl (C=O) groups is 1. The van der Waals surface area contributed by atoms with E-state index in [0.29, 0.717) is 12.0 Å². The minimum Gasteiger partial charge on any atom is -0.394 e. The SMILES string of the molecule is CSCC[C@@H](CO)NC(=O)c1cnn(-c2ccc(C)c(C)c2)c1N. The maximum absolute atomic E-state index is 12.4. The molecule has 1 heterocycles. The lowest BCUT2D eigenvalue weighted by Crippen LogP contribution is -2.38. The van der Waals surface area contributed by atoms with Gasteiger partial charge < -0.3 is 16.2 Å². The van der Waals surface area contributed by atoms with E-state index in [0.717, 1.165) is 17.0 Å². The maximum atomic E-state index is 12.4. The summed E-state index contributed by atoms with van der Waals surface area (Å²) in [5.74, 6) is 0.836. The Labute approximate surface area is 146 Å². The molecule has 1 atom stereocenters. The van der Waals surface area contributed by atoms with E-state index in [9.17, 15) is 9.90 Å². The lowest BCUT2D eigenvalue weighted by Gasteiger charge is -2.15. The first-order chi connectivity index (χ1) is 11.5. The number of rotatable bonds is 7. The Bertz CT molecular complexity index is 715. The molecule has 2 aromatic rings. The van der Waals surface area contributed by atoms with Crippen molar-refractivity contribution in [2.45, 2.75) is 26.3 Å². The van der Waals surface area contributed by atoms with Gasteiger partial charge in [0, 0.05) is 0 Å². The number of aliphatic hydroxyl groups is 1. The Morgan fingerprint density at radius 3 is 2.79 bits per heavy atom. The van der Waals surface area contributed by atoms with Crippen LogP contribution in [-0.4, -0.2) is 45.5 Å². The number of nitrogens with two attached hydrogens (primary N) is 1. The van der Waals surface area contributed by atoms with E-state index in [1.54, 1.807) is 16.4 Å². The average molecular weight is 348 g/mol. The van der Waals surface area contributed by atoms with Crippen molar-refractivity contribution in [2.24, 2.45) is 0 Å². The Hall–Kier alpha value is -1.99. The second-order valence-electron chi connectivity index (χ2n) is 5.76. The lowest BCUT2D eigenvalue weighted by atomic mass is 10.1. The molecule has 0 aliphatic rings. The second-order valence-corrected chi connectivity index (χ2v) is 6.74. The summed E-state index contributed by atoms with van der Waals surface area (Å²) in [7, 11) is 0. The molecule has 24 heavy (non-hydrogen) atoms. The molecule has 0 fully saturated rings. The van der Waals surface area contributed by atoms with Gasteiger partial charge in [0.25, 0.3) is 5.91 Å². The zero-order valence-electron chi connectivity index (χ0n) is 14.2. The van der Waals surface area contributed by atoms with Gasteiger partial charge in [0.15, 0.2) is 0 Å². The minimum atomic E-state index is -0.317. The van der Waals surface area contributed by atoms with E-state index in [4.69, 9.17) is 5.73 Å². The van der Waals surface area contributed by atoms with Crippen LogP contribution < -0.4 is 11.1 Å². The molecule has 6 nitrogen and oxygen atoms in total. The topological polar surface area (TPSA) is 93.2 Å². The molecular formula is C17H24N4O2S. The monoisotopic (exact) mass is 348 g/mol. The number of nitrogens with one attached hydrogen (secondary N) is 1. The molecule has 0 unspecified atom stereocenters. The number of nitrogens with zero attached hydrogens (tertiary/aromatic N) is 2. The van der Waals surface area contributed by atoms with Gasteiger partial charge in [-0.05, 0) is 55.5 Å². The number of benzene rings is 1. The Kier molecular flexibility index (Phi) is 6.28. The molecule has 0 saturated carbocycles. The highest BCUT2D eigenvalue weighted by Gasteiger charge is 2.19. The molecule has 0 aliphatic heterocycles. The molecule has 0 spiro atoms. The predicted molar refractivity (Wildman–Crippen MR) is 98.8 cm³/mol. The molecule has 0 aliphatic carbocycles. The highest BCUT2D eigenvalue weighted by atomic mass is 32.2. The van der Waals surface area contributed by atoms with Crippen molar-refractivity contribution in [2.75, 3.05) is 24.3 Å². The van der Waals surface area contributed by atoms with Crippen molar-refractivity contribution in [3.63, 3.8) is 0 Å². The van der Waals surface area contributed by atoms with Gasteiger partial charge in [-0.2, -0.15) is 16.9 Å². The summed E-state index contributed by atoms with van der Waals surface area (Å²) in [6.07, 6.45) is 4.15. The fourth-order valence-corrected chi connectivity index (χ4v) is 2.85. The average Bonchev–Trinajstić information content (AvgIpc) is 2.95. The van der Waals surface area contributed by atoms with Crippen molar-refractivity contribution in [3.05, 3.63) is 41.1 Å². The summed E-state index contributed by atoms with van der Waals surface area (Å²) < 4.78 is 1.55. The third-order valence-electron chi connectivity index (χ3n) is 4.01. The van der Waals surface area contributed by atoms with Crippen LogP contribution >= 0.6 is 11.8 Å². The van der Waals surface area contributed by atoms with E-state index in [1.165, 1.54) is 11.8 Å². The number of nitrogen functional groups attached to an aromatic ring is 1. The van der Waals surface area contributed by atoms with Gasteiger partial charge in [0.2, 0.25) is 0 Å². The molecule has 0 bridgehead atoms. The molecule has 1 aromatic heterocycles. The van der Waals surface area contributed by atoms with Gasteiger partial charge in [0.1, 0.15) is 11.4 Å². The zero-order chi connectivity index (χ0) is 17.7. The molecule has 0 radical (unpaired) electrons. The van der Waals surface area contributed by atoms with Crippen molar-refractivity contribution in [3.8, 4) is 5.69 Å². The molecule has 0 saturated heterocycles. The number of aromatic nitrogens is 2. The van der Waals surface area contributed by atoms with Crippen molar-refractivity contribution < 1.29 is 9.90 Å². The molecular weight excluding hydrogens is 324 g/mol. The Balaban J connectivity index is 2.19. The number of thioether (sulfide) groups is 1. The molecule has 1 amide bonds. The Morgan fingerprint density at radius 1 is 1.42 bits per heavy atom. The number of anilines is 1. The molecule has 7 heteroatoms. The van der Waals surface area contributed by atoms with Crippen LogP contribution in [0.4, 0.5) is 5.82 Å². The van der Waals surface area contributed by atoms with Gasteiger partial charge in [-0.15, -0.1) is 0 Å². The number of amides is 1. The smallest absolute Gasteiger partial charge is 0.256 e. The molecule has 1 aromatic carbocycles. The van der Waals surface area contributed by atoms with E-state index < -0.39 is 0 Å². The van der Waals surface area contributed by atoms with E-state index in [-0.39, 0.29) is 24.4 Å². The van der Waals surface area contributed by atoms with Gasteiger partial charge in [0.05, 0.1) is 24.5 Å². The number of carbonyl (C=O) groups excluding carboxylic acids is 1. The molecule has 2 rings (SSSR count). The van der Waals surface area contributed by atoms with Crippen LogP contribution in [0.3, 0.4) is 0 Å². The fraction of sp³-hybridized carbons (Fsp3) is 0.412. The number of aryl methyl sites for hydroxylation is 2. The Morgan fingerprint density at radius 2 is 2.17 bits per heavy atom. The highest BCUT2D eigenvalue weighted by molar-refractivity contribution is 7.98. The highest BCUT2D eigenvalue weighted by Crippen LogP contribution is 2.19. The summed E-state index contributed by atoms with van der Waals surface area (Å²) in [4.78, 5) is 12.4. The number of hydrogen-bond acceptors (Lipinski definition) is 5. The standard InChI is InChI=1S/C17H24N4O2S/c1-11-4-5-14(8-12(11)2)21-16(18)15(9-19-21)17(23)20-13(10-22)6-7-24-3/h4-5,8-9,13,22H,6-7,10,18H2,1-3H3,(H,20,23)/t13-/m0/s1. The van der Waals surface area contributed by atoms with Crippen molar-refractivity contribution >= 4 is 23.5 Å². The first-order valence-electron chi connectivity index (χ1n) is 7.79. The largest absolute Gasteiger partial charge is 0.394 e. The number of aliphatic hydroxyl groups excluding tert-OH is 1. The van der Waals surface area contributed by atoms with Crippen molar-refractivity contribution in [1.82, 2.24) is 15.1 Å². The summed E-state index contributed by atoms with van der Waals surface area (Å²) in [5.41, 5.74) is 9.56. The molecule has 130 valence electrons. The first kappa shape index (κ1) is 18.4. The summed E-state index contributed by atoms with van der Waals surface area (Å²) >= 11 is 1.67. The van der Waals surface area contributed by atoms with Crippen LogP contribution in [0, 0.1) is 13.8 Å². The van der Waals surface area contributed by atoms with Crippen LogP contribution in [-0.2, 0) is 0 Å². The predicted octanol–water partition coefficient (Wildman–Crippen LogP) is 1.92. The normalized spacial score (nSPS) is 12.2. The first-order valence-corrected chi connectivity index (χ1v) is 9.19. The quantitative estimate of drug-likeness (QED) is 0.711. The van der Waals surface area contributed by atoms with Crippen LogP contribution in [0.5, 0.6) is 0 Å². The van der Waals surface area contributed by atoms with Gasteiger partial charge in [-0.25, -0.2) is 4.68 Å². The van der Waals surface area contributed by atoms with Crippen LogP contribution in [0.25, 0.3) is 5.69 Å². The molecule has 4 N–H and O–H groups in total. The van der Waals surface area contributed by atoms with Gasteiger partial charge in [-0.3, -0.25) is 4.79 Å². The third-order valence-corrected chi connectivity index (χ3v) is 4.66. The third kappa shape index (κ3) is 4.10. The summed E-state index contributed by atoms with van der Waals surface area (Å²) in [5, 5.41) is 16.4. The number of hydrogen-bond donors (Lipinski definition) is 3. The summed E-state index contributed by atoms with van der Waals surface area (Å²) in [6, 6.07) is 5.61. The van der Waals surface area contributed by atoms with Crippen LogP contribution in [0.2, 0.25) is 0 Å². The maximum Gasteiger partial charge on any atom is 0.256 e. The van der Waals surface area contributed by atoms with E-state index in [2.05, 4.69) is 10.4 Å². The lowest BCUT2D eigenvalue weighted by molar-refractivity contribution is 0.0916. The van der Waals surface area contributed by atoms with Gasteiger partial charge >= 0.3 is 0 Å². The van der Waals surface area contributed by atoms with Gasteiger partial charge in [-0.1, -0.05) is 6.07 Å². The second kappa shape index (κ2) is 8.21. The fourth-order valence-electron chi connectivity index (χ4n) is 2.33. The van der Waals surface area contributed by atoms with E-state index >= 15 is 0 Å². The van der Waals surface area contributed by atoms with Crippen LogP contribution in [0.1, 0.15) is 27.9 Å². The van der Waals surface area contributed by atoms with Crippen LogP contribution in [0.15, 0.2) is 24.4 Å². The van der Waals surface area contributed by atoms with E-state index in [1.807, 2.05) is 38.3 Å². The zero-order valence-corrected chi connectivity index (χ0v) is 15.1.